The highest BCUT2D eigenvalue weighted by Gasteiger charge is 2.20. The summed E-state index contributed by atoms with van der Waals surface area (Å²) in [5, 5.41) is 8.08. The number of nitrogens with one attached hydrogen (secondary N) is 2. The average molecular weight is 304 g/mol. The first-order valence-electron chi connectivity index (χ1n) is 5.22. The van der Waals surface area contributed by atoms with Gasteiger partial charge in [-0.3, -0.25) is 10.2 Å². The minimum absolute atomic E-state index is 0.00915. The predicted octanol–water partition coefficient (Wildman–Crippen LogP) is 2.45. The number of nitrogens with zero attached hydrogens (tertiary/aromatic N) is 1. The van der Waals surface area contributed by atoms with Crippen LogP contribution in [0.15, 0.2) is 23.3 Å². The van der Waals surface area contributed by atoms with E-state index in [9.17, 15) is 4.79 Å². The van der Waals surface area contributed by atoms with Gasteiger partial charge in [0, 0.05) is 10.6 Å². The summed E-state index contributed by atoms with van der Waals surface area (Å²) in [6, 6.07) is 5.24. The summed E-state index contributed by atoms with van der Waals surface area (Å²) in [5.41, 5.74) is 4.24. The fourth-order valence-electron chi connectivity index (χ4n) is 1.46. The molecule has 18 heavy (non-hydrogen) atoms. The summed E-state index contributed by atoms with van der Waals surface area (Å²) in [4.78, 5) is 11.0. The van der Waals surface area contributed by atoms with Gasteiger partial charge in [-0.25, -0.2) is 0 Å². The van der Waals surface area contributed by atoms with Crippen molar-refractivity contribution in [2.45, 2.75) is 12.4 Å². The summed E-state index contributed by atoms with van der Waals surface area (Å²) in [7, 11) is 0. The monoisotopic (exact) mass is 303 g/mol. The topological polar surface area (TPSA) is 53.5 Å². The van der Waals surface area contributed by atoms with E-state index >= 15 is 0 Å². The molecule has 1 aliphatic rings. The van der Waals surface area contributed by atoms with Crippen molar-refractivity contribution in [2.75, 3.05) is 5.75 Å². The number of benzene rings is 1. The molecule has 1 aromatic carbocycles. The van der Waals surface area contributed by atoms with E-state index in [4.69, 9.17) is 23.2 Å². The number of hydrazone groups is 1. The molecule has 0 aromatic heterocycles. The molecule has 1 saturated heterocycles. The van der Waals surface area contributed by atoms with Gasteiger partial charge in [-0.05, 0) is 19.1 Å². The van der Waals surface area contributed by atoms with Crippen molar-refractivity contribution in [2.24, 2.45) is 5.10 Å². The molecule has 1 fully saturated rings. The second kappa shape index (κ2) is 5.82. The number of carbonyl (C=O) groups is 1. The van der Waals surface area contributed by atoms with Crippen LogP contribution >= 0.6 is 35.0 Å². The fraction of sp³-hybridized carbons (Fsp3) is 0.273. The van der Waals surface area contributed by atoms with Gasteiger partial charge in [-0.15, -0.1) is 11.8 Å². The van der Waals surface area contributed by atoms with Crippen molar-refractivity contribution in [3.63, 3.8) is 0 Å². The average Bonchev–Trinajstić information content (AvgIpc) is 2.72. The van der Waals surface area contributed by atoms with Crippen LogP contribution in [0.4, 0.5) is 0 Å². The second-order valence-electron chi connectivity index (χ2n) is 3.71. The van der Waals surface area contributed by atoms with Gasteiger partial charge < -0.3 is 5.32 Å². The van der Waals surface area contributed by atoms with Gasteiger partial charge in [0.25, 0.3) is 0 Å². The van der Waals surface area contributed by atoms with Crippen LogP contribution < -0.4 is 10.7 Å². The maximum atomic E-state index is 11.0. The van der Waals surface area contributed by atoms with E-state index in [1.54, 1.807) is 12.1 Å². The van der Waals surface area contributed by atoms with Gasteiger partial charge >= 0.3 is 0 Å². The van der Waals surface area contributed by atoms with E-state index in [-0.39, 0.29) is 11.4 Å². The largest absolute Gasteiger partial charge is 0.325 e. The lowest BCUT2D eigenvalue weighted by atomic mass is 10.1. The molecule has 1 unspecified atom stereocenters. The molecule has 0 radical (unpaired) electrons. The number of halogens is 2. The van der Waals surface area contributed by atoms with E-state index in [0.29, 0.717) is 15.8 Å². The minimum Gasteiger partial charge on any atom is -0.325 e. The molecule has 0 aliphatic carbocycles. The molecule has 2 N–H and O–H groups in total. The summed E-state index contributed by atoms with van der Waals surface area (Å²) >= 11 is 13.4. The van der Waals surface area contributed by atoms with Gasteiger partial charge in [-0.2, -0.15) is 5.10 Å². The fourth-order valence-corrected chi connectivity index (χ4v) is 2.75. The lowest BCUT2D eigenvalue weighted by Crippen LogP contribution is -2.34. The third kappa shape index (κ3) is 3.31. The van der Waals surface area contributed by atoms with E-state index in [1.165, 1.54) is 11.8 Å². The molecule has 1 atom stereocenters. The number of rotatable bonds is 3. The van der Waals surface area contributed by atoms with Gasteiger partial charge in [-0.1, -0.05) is 29.3 Å². The summed E-state index contributed by atoms with van der Waals surface area (Å²) in [5.74, 6) is 0.461. The van der Waals surface area contributed by atoms with Crippen molar-refractivity contribution < 1.29 is 4.79 Å². The SMILES string of the molecule is C/C(=N\NC1NC(=O)CS1)c1ccc(Cl)cc1Cl. The number of carbonyl (C=O) groups excluding carboxylic acids is 1. The highest BCUT2D eigenvalue weighted by atomic mass is 35.5. The minimum atomic E-state index is -0.182. The molecule has 0 spiro atoms. The third-order valence-electron chi connectivity index (χ3n) is 2.34. The Morgan fingerprint density at radius 3 is 2.94 bits per heavy atom. The number of thioether (sulfide) groups is 1. The zero-order valence-corrected chi connectivity index (χ0v) is 11.9. The van der Waals surface area contributed by atoms with Crippen molar-refractivity contribution in [3.8, 4) is 0 Å². The molecule has 2 rings (SSSR count). The summed E-state index contributed by atoms with van der Waals surface area (Å²) in [6.45, 7) is 1.84. The van der Waals surface area contributed by atoms with Crippen LogP contribution in [-0.4, -0.2) is 22.9 Å². The van der Waals surface area contributed by atoms with Crippen LogP contribution in [0.1, 0.15) is 12.5 Å². The first-order chi connectivity index (χ1) is 8.56. The molecule has 4 nitrogen and oxygen atoms in total. The van der Waals surface area contributed by atoms with Crippen molar-refractivity contribution >= 4 is 46.6 Å². The summed E-state index contributed by atoms with van der Waals surface area (Å²) in [6.07, 6.45) is 0. The maximum absolute atomic E-state index is 11.0. The lowest BCUT2D eigenvalue weighted by molar-refractivity contribution is -0.118. The number of amides is 1. The lowest BCUT2D eigenvalue weighted by Gasteiger charge is -2.10. The quantitative estimate of drug-likeness (QED) is 0.666. The molecule has 0 bridgehead atoms. The first kappa shape index (κ1) is 13.5. The van der Waals surface area contributed by atoms with Gasteiger partial charge in [0.15, 0.2) is 5.50 Å². The Bertz CT molecular complexity index is 507. The predicted molar refractivity (Wildman–Crippen MR) is 76.2 cm³/mol. The van der Waals surface area contributed by atoms with Crippen LogP contribution in [0.25, 0.3) is 0 Å². The van der Waals surface area contributed by atoms with E-state index in [1.807, 2.05) is 13.0 Å². The van der Waals surface area contributed by atoms with Crippen molar-refractivity contribution in [1.29, 1.82) is 0 Å². The van der Waals surface area contributed by atoms with E-state index in [2.05, 4.69) is 15.8 Å². The molecule has 1 aromatic rings. The third-order valence-corrected chi connectivity index (χ3v) is 3.88. The first-order valence-corrected chi connectivity index (χ1v) is 7.03. The van der Waals surface area contributed by atoms with Crippen LogP contribution in [0.5, 0.6) is 0 Å². The molecule has 1 heterocycles. The van der Waals surface area contributed by atoms with Crippen LogP contribution in [0.2, 0.25) is 10.0 Å². The molecule has 96 valence electrons. The Balaban J connectivity index is 2.06. The highest BCUT2D eigenvalue weighted by molar-refractivity contribution is 8.00. The van der Waals surface area contributed by atoms with Crippen LogP contribution in [-0.2, 0) is 4.79 Å². The number of hydrogen-bond acceptors (Lipinski definition) is 4. The highest BCUT2D eigenvalue weighted by Crippen LogP contribution is 2.21. The molecule has 1 aliphatic heterocycles. The van der Waals surface area contributed by atoms with Crippen molar-refractivity contribution in [1.82, 2.24) is 10.7 Å². The maximum Gasteiger partial charge on any atom is 0.232 e. The Kier molecular flexibility index (Phi) is 4.37. The molecular weight excluding hydrogens is 293 g/mol. The van der Waals surface area contributed by atoms with Crippen LogP contribution in [0, 0.1) is 0 Å². The molecule has 0 saturated carbocycles. The second-order valence-corrected chi connectivity index (χ2v) is 5.65. The Hall–Kier alpha value is -0.910. The standard InChI is InChI=1S/C11H11Cl2N3OS/c1-6(8-3-2-7(12)4-9(8)13)15-16-11-14-10(17)5-18-11/h2-4,11,16H,5H2,1H3,(H,14,17)/b15-6+. The molecular formula is C11H11Cl2N3OS. The van der Waals surface area contributed by atoms with Gasteiger partial charge in [0.2, 0.25) is 5.91 Å². The zero-order chi connectivity index (χ0) is 13.1. The molecule has 7 heteroatoms. The Morgan fingerprint density at radius 2 is 2.33 bits per heavy atom. The van der Waals surface area contributed by atoms with E-state index in [0.717, 1.165) is 11.3 Å². The normalized spacial score (nSPS) is 19.8. The summed E-state index contributed by atoms with van der Waals surface area (Å²) < 4.78 is 0. The number of hydrogen-bond donors (Lipinski definition) is 2. The van der Waals surface area contributed by atoms with Crippen molar-refractivity contribution in [3.05, 3.63) is 33.8 Å². The zero-order valence-electron chi connectivity index (χ0n) is 9.54. The van der Waals surface area contributed by atoms with Gasteiger partial charge in [0.1, 0.15) is 0 Å². The van der Waals surface area contributed by atoms with Gasteiger partial charge in [0.05, 0.1) is 16.5 Å². The van der Waals surface area contributed by atoms with Crippen LogP contribution in [0.3, 0.4) is 0 Å². The Labute approximate surface area is 119 Å². The van der Waals surface area contributed by atoms with E-state index < -0.39 is 0 Å². The molecule has 1 amide bonds. The Morgan fingerprint density at radius 1 is 1.56 bits per heavy atom. The smallest absolute Gasteiger partial charge is 0.232 e.